The van der Waals surface area contributed by atoms with Gasteiger partial charge in [-0.25, -0.2) is 0 Å². The van der Waals surface area contributed by atoms with Gasteiger partial charge in [-0.05, 0) is 31.5 Å². The third-order valence-corrected chi connectivity index (χ3v) is 7.47. The van der Waals surface area contributed by atoms with E-state index < -0.39 is 24.8 Å². The van der Waals surface area contributed by atoms with Gasteiger partial charge < -0.3 is 18.5 Å². The molecule has 6 nitrogen and oxygen atoms in total. The predicted octanol–water partition coefficient (Wildman–Crippen LogP) is 4.84. The van der Waals surface area contributed by atoms with Crippen LogP contribution in [0, 0.1) is 0 Å². The van der Waals surface area contributed by atoms with E-state index in [-0.39, 0.29) is 19.6 Å². The number of esters is 1. The lowest BCUT2D eigenvalue weighted by Crippen LogP contribution is -2.33. The summed E-state index contributed by atoms with van der Waals surface area (Å²) >= 11 is 0. The first kappa shape index (κ1) is 20.6. The maximum absolute atomic E-state index is 14.1. The molecule has 2 aromatic carbocycles. The van der Waals surface area contributed by atoms with E-state index >= 15 is 0 Å². The molecule has 150 valence electrons. The van der Waals surface area contributed by atoms with E-state index in [9.17, 15) is 9.36 Å². The van der Waals surface area contributed by atoms with Gasteiger partial charge in [-0.15, -0.1) is 0 Å². The summed E-state index contributed by atoms with van der Waals surface area (Å²) in [5, 5.41) is -1.57. The van der Waals surface area contributed by atoms with Crippen molar-refractivity contribution in [2.75, 3.05) is 20.3 Å². The molecule has 0 aromatic heterocycles. The summed E-state index contributed by atoms with van der Waals surface area (Å²) in [4.78, 5) is 12.5. The number of hydrogen-bond donors (Lipinski definition) is 0. The Bertz CT molecular complexity index is 858. The topological polar surface area (TPSA) is 71.1 Å². The molecule has 2 atom stereocenters. The molecular weight excluding hydrogens is 379 g/mol. The van der Waals surface area contributed by atoms with Crippen LogP contribution in [0.3, 0.4) is 0 Å². The van der Waals surface area contributed by atoms with Crippen molar-refractivity contribution in [1.29, 1.82) is 0 Å². The van der Waals surface area contributed by atoms with Crippen molar-refractivity contribution in [2.45, 2.75) is 31.5 Å². The van der Waals surface area contributed by atoms with Crippen LogP contribution in [0.4, 0.5) is 0 Å². The number of methoxy groups -OCH3 is 1. The SMILES string of the molecule is CCOP(=O)(OCC)C1(c2ccccc2)OC(=O)CC1c1cccc(OC)c1. The minimum atomic E-state index is -3.89. The maximum Gasteiger partial charge on any atom is 0.379 e. The van der Waals surface area contributed by atoms with Crippen molar-refractivity contribution in [3.8, 4) is 5.75 Å². The van der Waals surface area contributed by atoms with Gasteiger partial charge in [0.2, 0.25) is 5.34 Å². The number of hydrogen-bond acceptors (Lipinski definition) is 6. The average molecular weight is 404 g/mol. The minimum Gasteiger partial charge on any atom is -0.497 e. The van der Waals surface area contributed by atoms with E-state index in [0.29, 0.717) is 11.3 Å². The first-order chi connectivity index (χ1) is 13.5. The molecule has 0 bridgehead atoms. The van der Waals surface area contributed by atoms with Gasteiger partial charge in [0.25, 0.3) is 0 Å². The summed E-state index contributed by atoms with van der Waals surface area (Å²) < 4.78 is 36.6. The fourth-order valence-corrected chi connectivity index (χ4v) is 6.14. The molecule has 0 N–H and O–H groups in total. The Balaban J connectivity index is 2.26. The summed E-state index contributed by atoms with van der Waals surface area (Å²) in [5.74, 6) is -0.362. The van der Waals surface area contributed by atoms with Crippen molar-refractivity contribution >= 4 is 13.6 Å². The zero-order valence-electron chi connectivity index (χ0n) is 16.3. The third kappa shape index (κ3) is 3.48. The highest BCUT2D eigenvalue weighted by Gasteiger charge is 2.65. The summed E-state index contributed by atoms with van der Waals surface area (Å²) in [6, 6.07) is 16.4. The first-order valence-electron chi connectivity index (χ1n) is 9.31. The van der Waals surface area contributed by atoms with E-state index in [0.717, 1.165) is 5.56 Å². The largest absolute Gasteiger partial charge is 0.497 e. The Morgan fingerprint density at radius 1 is 1.07 bits per heavy atom. The molecule has 28 heavy (non-hydrogen) atoms. The van der Waals surface area contributed by atoms with Crippen LogP contribution in [0.25, 0.3) is 0 Å². The van der Waals surface area contributed by atoms with Crippen LogP contribution >= 0.6 is 7.60 Å². The monoisotopic (exact) mass is 404 g/mol. The molecule has 0 radical (unpaired) electrons. The van der Waals surface area contributed by atoms with E-state index in [1.54, 1.807) is 33.1 Å². The van der Waals surface area contributed by atoms with Gasteiger partial charge in [0.05, 0.1) is 32.7 Å². The second-order valence-corrected chi connectivity index (χ2v) is 8.58. The first-order valence-corrected chi connectivity index (χ1v) is 10.9. The number of rotatable bonds is 8. The van der Waals surface area contributed by atoms with Crippen LogP contribution in [0.15, 0.2) is 54.6 Å². The lowest BCUT2D eigenvalue weighted by atomic mass is 9.88. The molecule has 0 amide bonds. The Hall–Kier alpha value is -2.14. The van der Waals surface area contributed by atoms with Crippen molar-refractivity contribution in [1.82, 2.24) is 0 Å². The van der Waals surface area contributed by atoms with E-state index in [1.165, 1.54) is 0 Å². The van der Waals surface area contributed by atoms with E-state index in [4.69, 9.17) is 18.5 Å². The van der Waals surface area contributed by atoms with Crippen LogP contribution in [-0.4, -0.2) is 26.3 Å². The molecule has 3 rings (SSSR count). The molecule has 0 saturated carbocycles. The number of cyclic esters (lactones) is 1. The normalized spacial score (nSPS) is 22.1. The van der Waals surface area contributed by atoms with Crippen LogP contribution in [0.5, 0.6) is 5.75 Å². The summed E-state index contributed by atoms with van der Waals surface area (Å²) in [6.07, 6.45) is 0.0617. The molecule has 0 spiro atoms. The van der Waals surface area contributed by atoms with Crippen molar-refractivity contribution in [2.24, 2.45) is 0 Å². The van der Waals surface area contributed by atoms with Crippen molar-refractivity contribution in [3.05, 3.63) is 65.7 Å². The minimum absolute atomic E-state index is 0.0617. The Labute approximate surface area is 165 Å². The molecule has 2 unspecified atom stereocenters. The highest BCUT2D eigenvalue weighted by Crippen LogP contribution is 2.73. The van der Waals surface area contributed by atoms with Crippen molar-refractivity contribution < 1.29 is 27.9 Å². The molecule has 1 heterocycles. The fourth-order valence-electron chi connectivity index (χ4n) is 3.70. The van der Waals surface area contributed by atoms with Crippen molar-refractivity contribution in [3.63, 3.8) is 0 Å². The van der Waals surface area contributed by atoms with Crippen LogP contribution in [0.1, 0.15) is 37.3 Å². The number of benzene rings is 2. The molecule has 0 aliphatic carbocycles. The molecule has 1 aliphatic rings. The molecule has 1 saturated heterocycles. The maximum atomic E-state index is 14.1. The van der Waals surface area contributed by atoms with Gasteiger partial charge in [0.15, 0.2) is 0 Å². The molecular formula is C21H25O6P. The highest BCUT2D eigenvalue weighted by atomic mass is 31.2. The smallest absolute Gasteiger partial charge is 0.379 e. The van der Waals surface area contributed by atoms with Gasteiger partial charge in [0, 0.05) is 5.56 Å². The van der Waals surface area contributed by atoms with E-state index in [2.05, 4.69) is 0 Å². The lowest BCUT2D eigenvalue weighted by molar-refractivity contribution is -0.145. The second kappa shape index (κ2) is 8.48. The lowest BCUT2D eigenvalue weighted by Gasteiger charge is -2.38. The van der Waals surface area contributed by atoms with Gasteiger partial charge in [-0.2, -0.15) is 0 Å². The quantitative estimate of drug-likeness (QED) is 0.463. The molecule has 2 aromatic rings. The fraction of sp³-hybridized carbons (Fsp3) is 0.381. The number of carbonyl (C=O) groups excluding carboxylic acids is 1. The summed E-state index contributed by atoms with van der Waals surface area (Å²) in [7, 11) is -2.31. The Kier molecular flexibility index (Phi) is 6.23. The zero-order valence-corrected chi connectivity index (χ0v) is 17.2. The van der Waals surface area contributed by atoms with Gasteiger partial charge in [-0.1, -0.05) is 42.5 Å². The summed E-state index contributed by atoms with van der Waals surface area (Å²) in [5.41, 5.74) is 1.35. The van der Waals surface area contributed by atoms with Crippen LogP contribution in [-0.2, 0) is 28.5 Å². The van der Waals surface area contributed by atoms with Gasteiger partial charge >= 0.3 is 13.6 Å². The van der Waals surface area contributed by atoms with Gasteiger partial charge in [-0.3, -0.25) is 9.36 Å². The van der Waals surface area contributed by atoms with E-state index in [1.807, 2.05) is 42.5 Å². The average Bonchev–Trinajstić information content (AvgIpc) is 3.08. The molecule has 7 heteroatoms. The summed E-state index contributed by atoms with van der Waals surface area (Å²) in [6.45, 7) is 3.80. The highest BCUT2D eigenvalue weighted by molar-refractivity contribution is 7.55. The van der Waals surface area contributed by atoms with Crippen LogP contribution in [0.2, 0.25) is 0 Å². The molecule has 1 fully saturated rings. The number of ether oxygens (including phenoxy) is 2. The van der Waals surface area contributed by atoms with Gasteiger partial charge in [0.1, 0.15) is 5.75 Å². The predicted molar refractivity (Wildman–Crippen MR) is 105 cm³/mol. The Morgan fingerprint density at radius 3 is 2.36 bits per heavy atom. The zero-order chi connectivity index (χ0) is 20.2. The third-order valence-electron chi connectivity index (χ3n) is 4.80. The van der Waals surface area contributed by atoms with Crippen LogP contribution < -0.4 is 4.74 Å². The number of carbonyl (C=O) groups is 1. The second-order valence-electron chi connectivity index (χ2n) is 6.40. The molecule has 1 aliphatic heterocycles. The Morgan fingerprint density at radius 2 is 1.75 bits per heavy atom. The standard InChI is InChI=1S/C21H25O6P/c1-4-25-28(23,26-5-2)21(17-11-7-6-8-12-17)19(15-20(22)27-21)16-10-9-13-18(14-16)24-3/h6-14,19H,4-5,15H2,1-3H3.